The van der Waals surface area contributed by atoms with Gasteiger partial charge in [-0.05, 0) is 54.4 Å². The predicted molar refractivity (Wildman–Crippen MR) is 120 cm³/mol. The lowest BCUT2D eigenvalue weighted by Crippen LogP contribution is -2.54. The quantitative estimate of drug-likeness (QED) is 0.783. The molecule has 30 heavy (non-hydrogen) atoms. The maximum Gasteiger partial charge on any atom is 0.410 e. The summed E-state index contributed by atoms with van der Waals surface area (Å²) in [5.41, 5.74) is -0.556. The SMILES string of the molecule is Cn1ccc(N2C[C@@H](NS(=O)C(C)(C)C)C3(CCN(C(=O)OC(C)(C)C)CC3)C2)n1. The van der Waals surface area contributed by atoms with E-state index < -0.39 is 16.6 Å². The first-order valence-corrected chi connectivity index (χ1v) is 11.8. The van der Waals surface area contributed by atoms with Crippen LogP contribution >= 0.6 is 0 Å². The first-order valence-electron chi connectivity index (χ1n) is 10.7. The Morgan fingerprint density at radius 2 is 1.87 bits per heavy atom. The molecule has 3 heterocycles. The third-order valence-corrected chi connectivity index (χ3v) is 7.50. The van der Waals surface area contributed by atoms with Crippen LogP contribution in [0.1, 0.15) is 54.4 Å². The molecule has 2 aliphatic rings. The lowest BCUT2D eigenvalue weighted by atomic mass is 9.75. The fourth-order valence-corrected chi connectivity index (χ4v) is 5.09. The smallest absolute Gasteiger partial charge is 0.410 e. The summed E-state index contributed by atoms with van der Waals surface area (Å²) in [5, 5.41) is 4.57. The van der Waals surface area contributed by atoms with Gasteiger partial charge >= 0.3 is 6.09 Å². The minimum atomic E-state index is -1.16. The van der Waals surface area contributed by atoms with Gasteiger partial charge < -0.3 is 14.5 Å². The van der Waals surface area contributed by atoms with E-state index in [0.29, 0.717) is 13.1 Å². The molecule has 0 saturated carbocycles. The summed E-state index contributed by atoms with van der Waals surface area (Å²) < 4.78 is 23.4. The van der Waals surface area contributed by atoms with Crippen LogP contribution in [0.3, 0.4) is 0 Å². The molecule has 1 amide bonds. The Kier molecular flexibility index (Phi) is 6.26. The van der Waals surface area contributed by atoms with E-state index in [2.05, 4.69) is 14.7 Å². The molecule has 0 aromatic carbocycles. The molecule has 2 saturated heterocycles. The van der Waals surface area contributed by atoms with Crippen molar-refractivity contribution in [3.8, 4) is 0 Å². The molecule has 2 aliphatic heterocycles. The second-order valence-corrected chi connectivity index (χ2v) is 12.6. The zero-order chi connectivity index (χ0) is 22.3. The van der Waals surface area contributed by atoms with Crippen molar-refractivity contribution in [2.45, 2.75) is 70.8 Å². The Morgan fingerprint density at radius 1 is 1.23 bits per heavy atom. The Labute approximate surface area is 182 Å². The van der Waals surface area contributed by atoms with Gasteiger partial charge in [0.1, 0.15) is 5.60 Å². The van der Waals surface area contributed by atoms with Crippen molar-refractivity contribution >= 4 is 22.9 Å². The van der Waals surface area contributed by atoms with Gasteiger partial charge in [0.25, 0.3) is 0 Å². The summed E-state index contributed by atoms with van der Waals surface area (Å²) >= 11 is 0. The van der Waals surface area contributed by atoms with Gasteiger partial charge in [0.15, 0.2) is 5.82 Å². The van der Waals surface area contributed by atoms with Crippen LogP contribution in [0.5, 0.6) is 0 Å². The molecule has 170 valence electrons. The normalized spacial score (nSPS) is 23.1. The van der Waals surface area contributed by atoms with E-state index in [1.54, 1.807) is 9.58 Å². The van der Waals surface area contributed by atoms with E-state index in [4.69, 9.17) is 4.74 Å². The summed E-state index contributed by atoms with van der Waals surface area (Å²) in [4.78, 5) is 16.6. The van der Waals surface area contributed by atoms with Crippen LogP contribution in [0.2, 0.25) is 0 Å². The number of rotatable bonds is 3. The number of ether oxygens (including phenoxy) is 1. The molecule has 0 bridgehead atoms. The Balaban J connectivity index is 1.75. The molecule has 2 atom stereocenters. The van der Waals surface area contributed by atoms with E-state index in [9.17, 15) is 9.00 Å². The molecule has 1 aromatic rings. The summed E-state index contributed by atoms with van der Waals surface area (Å²) in [6, 6.07) is 2.09. The number of amides is 1. The number of aryl methyl sites for hydroxylation is 1. The average molecular weight is 440 g/mol. The first kappa shape index (κ1) is 23.1. The number of hydrogen-bond acceptors (Lipinski definition) is 5. The van der Waals surface area contributed by atoms with Crippen molar-refractivity contribution in [1.29, 1.82) is 0 Å². The van der Waals surface area contributed by atoms with Crippen LogP contribution < -0.4 is 9.62 Å². The van der Waals surface area contributed by atoms with Gasteiger partial charge in [-0.1, -0.05) is 0 Å². The van der Waals surface area contributed by atoms with Crippen molar-refractivity contribution in [2.24, 2.45) is 12.5 Å². The van der Waals surface area contributed by atoms with Crippen LogP contribution in [-0.2, 0) is 22.8 Å². The summed E-state index contributed by atoms with van der Waals surface area (Å²) in [6.07, 6.45) is 3.38. The highest BCUT2D eigenvalue weighted by molar-refractivity contribution is 7.84. The molecule has 2 fully saturated rings. The molecule has 0 aliphatic carbocycles. The van der Waals surface area contributed by atoms with Crippen molar-refractivity contribution in [3.05, 3.63) is 12.3 Å². The third-order valence-electron chi connectivity index (χ3n) is 5.89. The van der Waals surface area contributed by atoms with Crippen molar-refractivity contribution in [2.75, 3.05) is 31.1 Å². The van der Waals surface area contributed by atoms with Gasteiger partial charge in [0, 0.05) is 56.9 Å². The highest BCUT2D eigenvalue weighted by Gasteiger charge is 2.50. The lowest BCUT2D eigenvalue weighted by molar-refractivity contribution is 0.0102. The number of nitrogens with zero attached hydrogens (tertiary/aromatic N) is 4. The molecule has 9 heteroatoms. The fourth-order valence-electron chi connectivity index (χ4n) is 4.15. The number of likely N-dealkylation sites (tertiary alicyclic amines) is 1. The largest absolute Gasteiger partial charge is 0.444 e. The van der Waals surface area contributed by atoms with Crippen LogP contribution in [-0.4, -0.2) is 67.6 Å². The summed E-state index contributed by atoms with van der Waals surface area (Å²) in [7, 11) is 0.756. The Morgan fingerprint density at radius 3 is 2.37 bits per heavy atom. The number of hydrogen-bond donors (Lipinski definition) is 1. The molecule has 1 N–H and O–H groups in total. The molecule has 3 rings (SSSR count). The van der Waals surface area contributed by atoms with Crippen LogP contribution in [0.4, 0.5) is 10.6 Å². The Bertz CT molecular complexity index is 787. The third kappa shape index (κ3) is 5.17. The number of nitrogens with one attached hydrogen (secondary N) is 1. The molecular formula is C21H37N5O3S. The van der Waals surface area contributed by atoms with Crippen molar-refractivity contribution in [1.82, 2.24) is 19.4 Å². The maximum absolute atomic E-state index is 12.9. The number of aromatic nitrogens is 2. The van der Waals surface area contributed by atoms with E-state index in [0.717, 1.165) is 31.7 Å². The Hall–Kier alpha value is -1.61. The molecular weight excluding hydrogens is 402 g/mol. The second kappa shape index (κ2) is 8.15. The minimum Gasteiger partial charge on any atom is -0.444 e. The van der Waals surface area contributed by atoms with Gasteiger partial charge in [-0.15, -0.1) is 0 Å². The number of piperidine rings is 1. The zero-order valence-corrected chi connectivity index (χ0v) is 20.2. The van der Waals surface area contributed by atoms with Crippen molar-refractivity contribution in [3.63, 3.8) is 0 Å². The van der Waals surface area contributed by atoms with Gasteiger partial charge in [0.2, 0.25) is 0 Å². The van der Waals surface area contributed by atoms with Crippen LogP contribution in [0, 0.1) is 5.41 Å². The number of anilines is 1. The van der Waals surface area contributed by atoms with Crippen LogP contribution in [0.25, 0.3) is 0 Å². The minimum absolute atomic E-state index is 0.0586. The monoisotopic (exact) mass is 439 g/mol. The molecule has 8 nitrogen and oxygen atoms in total. The maximum atomic E-state index is 12.9. The molecule has 1 spiro atoms. The molecule has 1 aromatic heterocycles. The second-order valence-electron chi connectivity index (χ2n) is 10.6. The van der Waals surface area contributed by atoms with Gasteiger partial charge in [0.05, 0.1) is 15.7 Å². The number of carbonyl (C=O) groups excluding carboxylic acids is 1. The van der Waals surface area contributed by atoms with Gasteiger partial charge in [-0.2, -0.15) is 5.10 Å². The predicted octanol–water partition coefficient (Wildman–Crippen LogP) is 2.68. The molecule has 1 unspecified atom stereocenters. The van der Waals surface area contributed by atoms with Gasteiger partial charge in [-0.25, -0.2) is 13.7 Å². The zero-order valence-electron chi connectivity index (χ0n) is 19.4. The lowest BCUT2D eigenvalue weighted by Gasteiger charge is -2.43. The van der Waals surface area contributed by atoms with E-state index in [1.807, 2.05) is 60.9 Å². The highest BCUT2D eigenvalue weighted by Crippen LogP contribution is 2.42. The van der Waals surface area contributed by atoms with Crippen molar-refractivity contribution < 1.29 is 13.7 Å². The van der Waals surface area contributed by atoms with E-state index in [1.165, 1.54) is 0 Å². The topological polar surface area (TPSA) is 79.7 Å². The summed E-state index contributed by atoms with van der Waals surface area (Å²) in [5.74, 6) is 0.942. The highest BCUT2D eigenvalue weighted by atomic mass is 32.2. The number of carbonyl (C=O) groups is 1. The van der Waals surface area contributed by atoms with E-state index in [-0.39, 0.29) is 22.3 Å². The van der Waals surface area contributed by atoms with Gasteiger partial charge in [-0.3, -0.25) is 4.68 Å². The van der Waals surface area contributed by atoms with E-state index >= 15 is 0 Å². The van der Waals surface area contributed by atoms with Crippen LogP contribution in [0.15, 0.2) is 12.3 Å². The average Bonchev–Trinajstić information content (AvgIpc) is 3.18. The summed E-state index contributed by atoms with van der Waals surface area (Å²) in [6.45, 7) is 14.5. The fraction of sp³-hybridized carbons (Fsp3) is 0.810. The standard InChI is InChI=1S/C21H37N5O3S/c1-19(2,3)29-18(27)25-12-9-21(10-13-25)15-26(17-8-11-24(7)22-17)14-16(21)23-30(28)20(4,5)6/h8,11,16,23H,9-10,12-15H2,1-7H3/t16-,30?/m1/s1. The molecule has 0 radical (unpaired) electrons. The first-order chi connectivity index (χ1) is 13.8.